The maximum atomic E-state index is 9.18. The highest BCUT2D eigenvalue weighted by Crippen LogP contribution is 2.19. The van der Waals surface area contributed by atoms with Gasteiger partial charge in [-0.15, -0.1) is 0 Å². The molecule has 0 fully saturated rings. The molecule has 0 unspecified atom stereocenters. The second kappa shape index (κ2) is 10.7. The minimum absolute atomic E-state index is 0.0215. The zero-order valence-corrected chi connectivity index (χ0v) is 16.7. The summed E-state index contributed by atoms with van der Waals surface area (Å²) in [6, 6.07) is 5.50. The van der Waals surface area contributed by atoms with Crippen LogP contribution >= 0.6 is 0 Å². The van der Waals surface area contributed by atoms with E-state index in [-0.39, 0.29) is 6.61 Å². The molecule has 8 N–H and O–H groups in total. The first-order valence-electron chi connectivity index (χ1n) is 9.23. The number of pyridine rings is 2. The van der Waals surface area contributed by atoms with Crippen molar-refractivity contribution < 1.29 is 5.11 Å². The number of nitrogens with one attached hydrogen (secondary N) is 3. The van der Waals surface area contributed by atoms with E-state index in [0.717, 1.165) is 11.1 Å². The number of nitrogens with two attached hydrogens (primary N) is 2. The monoisotopic (exact) mass is 396 g/mol. The SMILES string of the molecule is CCN(CCO)C(/C=C(\N)Nc1ccc2ncc(/C(C=N)=C/NC)cc2n1)=C/N. The first-order chi connectivity index (χ1) is 14.1. The summed E-state index contributed by atoms with van der Waals surface area (Å²) in [5.41, 5.74) is 15.4. The third-order valence-corrected chi connectivity index (χ3v) is 4.19. The zero-order valence-electron chi connectivity index (χ0n) is 16.7. The normalized spacial score (nSPS) is 12.7. The van der Waals surface area contributed by atoms with Crippen LogP contribution in [0.4, 0.5) is 5.82 Å². The number of likely N-dealkylation sites (N-methyl/N-ethyl adjacent to an activating group) is 1. The standard InChI is InChI=1S/C20H28N8O/c1-3-28(6-7-29)16(11-22)9-19(23)27-20-5-4-17-18(26-20)8-14(13-25-17)15(10-21)12-24-2/h4-5,8-13,21,24,29H,3,6-7,22-23H2,1-2H3,(H,26,27)/b15-12+,16-11+,19-9+,21-10?. The number of anilines is 1. The van der Waals surface area contributed by atoms with Gasteiger partial charge in [0.2, 0.25) is 0 Å². The van der Waals surface area contributed by atoms with Crippen LogP contribution in [-0.2, 0) is 0 Å². The average molecular weight is 396 g/mol. The summed E-state index contributed by atoms with van der Waals surface area (Å²) in [5.74, 6) is 0.921. The first-order valence-corrected chi connectivity index (χ1v) is 9.23. The van der Waals surface area contributed by atoms with Gasteiger partial charge >= 0.3 is 0 Å². The average Bonchev–Trinajstić information content (AvgIpc) is 2.73. The minimum atomic E-state index is 0.0215. The van der Waals surface area contributed by atoms with Crippen molar-refractivity contribution in [2.24, 2.45) is 11.5 Å². The fourth-order valence-electron chi connectivity index (χ4n) is 2.78. The Kier molecular flexibility index (Phi) is 7.99. The number of allylic oxidation sites excluding steroid dienone is 2. The van der Waals surface area contributed by atoms with Gasteiger partial charge in [-0.2, -0.15) is 0 Å². The van der Waals surface area contributed by atoms with Crippen molar-refractivity contribution in [1.29, 1.82) is 5.41 Å². The van der Waals surface area contributed by atoms with Gasteiger partial charge in [-0.3, -0.25) is 4.98 Å². The van der Waals surface area contributed by atoms with E-state index in [9.17, 15) is 5.11 Å². The van der Waals surface area contributed by atoms with Crippen molar-refractivity contribution in [2.45, 2.75) is 6.92 Å². The van der Waals surface area contributed by atoms with E-state index >= 15 is 0 Å². The number of nitrogens with zero attached hydrogens (tertiary/aromatic N) is 3. The summed E-state index contributed by atoms with van der Waals surface area (Å²) in [6.07, 6.45) is 7.84. The van der Waals surface area contributed by atoms with Gasteiger partial charge in [0.15, 0.2) is 0 Å². The maximum absolute atomic E-state index is 9.18. The van der Waals surface area contributed by atoms with E-state index in [1.807, 2.05) is 24.0 Å². The summed E-state index contributed by atoms with van der Waals surface area (Å²) in [6.45, 7) is 3.14. The Morgan fingerprint density at radius 1 is 1.34 bits per heavy atom. The van der Waals surface area contributed by atoms with E-state index < -0.39 is 0 Å². The molecular weight excluding hydrogens is 368 g/mol. The van der Waals surface area contributed by atoms with Crippen molar-refractivity contribution in [3.05, 3.63) is 60.0 Å². The lowest BCUT2D eigenvalue weighted by molar-refractivity contribution is 0.234. The molecule has 2 aromatic rings. The summed E-state index contributed by atoms with van der Waals surface area (Å²) in [7, 11) is 1.78. The summed E-state index contributed by atoms with van der Waals surface area (Å²) in [4.78, 5) is 10.9. The van der Waals surface area contributed by atoms with E-state index in [0.29, 0.717) is 41.5 Å². The van der Waals surface area contributed by atoms with Crippen LogP contribution in [0.15, 0.2) is 54.4 Å². The molecule has 0 radical (unpaired) electrons. The van der Waals surface area contributed by atoms with Gasteiger partial charge in [0.05, 0.1) is 23.3 Å². The maximum Gasteiger partial charge on any atom is 0.132 e. The number of aromatic nitrogens is 2. The van der Waals surface area contributed by atoms with Crippen LogP contribution in [0, 0.1) is 5.41 Å². The van der Waals surface area contributed by atoms with E-state index in [1.54, 1.807) is 31.6 Å². The molecule has 2 heterocycles. The van der Waals surface area contributed by atoms with Gasteiger partial charge in [-0.1, -0.05) is 0 Å². The highest BCUT2D eigenvalue weighted by atomic mass is 16.3. The van der Waals surface area contributed by atoms with Crippen molar-refractivity contribution in [3.63, 3.8) is 0 Å². The molecule has 0 saturated heterocycles. The van der Waals surface area contributed by atoms with Crippen molar-refractivity contribution >= 4 is 28.6 Å². The molecule has 154 valence electrons. The molecule has 0 aliphatic heterocycles. The lowest BCUT2D eigenvalue weighted by Gasteiger charge is -2.23. The molecule has 9 heteroatoms. The Hall–Kier alpha value is -3.59. The Bertz CT molecular complexity index is 935. The topological polar surface area (TPSA) is 149 Å². The predicted octanol–water partition coefficient (Wildman–Crippen LogP) is 1.17. The molecule has 0 aliphatic carbocycles. The van der Waals surface area contributed by atoms with E-state index in [1.165, 1.54) is 12.4 Å². The van der Waals surface area contributed by atoms with Crippen molar-refractivity contribution in [3.8, 4) is 0 Å². The number of rotatable bonds is 10. The highest BCUT2D eigenvalue weighted by molar-refractivity contribution is 6.08. The summed E-state index contributed by atoms with van der Waals surface area (Å²) in [5, 5.41) is 22.7. The van der Waals surface area contributed by atoms with E-state index in [4.69, 9.17) is 16.9 Å². The molecule has 2 rings (SSSR count). The summed E-state index contributed by atoms with van der Waals surface area (Å²) >= 11 is 0. The van der Waals surface area contributed by atoms with Crippen LogP contribution in [0.2, 0.25) is 0 Å². The molecule has 0 aliphatic rings. The molecule has 0 atom stereocenters. The van der Waals surface area contributed by atoms with Crippen LogP contribution in [-0.4, -0.2) is 52.9 Å². The quantitative estimate of drug-likeness (QED) is 0.259. The lowest BCUT2D eigenvalue weighted by Crippen LogP contribution is -2.27. The number of aliphatic hydroxyl groups excluding tert-OH is 1. The number of hydrogen-bond acceptors (Lipinski definition) is 9. The lowest BCUT2D eigenvalue weighted by atomic mass is 10.1. The van der Waals surface area contributed by atoms with E-state index in [2.05, 4.69) is 20.6 Å². The predicted molar refractivity (Wildman–Crippen MR) is 118 cm³/mol. The zero-order chi connectivity index (χ0) is 21.2. The Morgan fingerprint density at radius 3 is 2.76 bits per heavy atom. The Balaban J connectivity index is 2.29. The molecular formula is C20H28N8O. The minimum Gasteiger partial charge on any atom is -0.403 e. The molecule has 2 aromatic heterocycles. The number of aliphatic hydroxyl groups is 1. The number of fused-ring (bicyclic) bond motifs is 1. The molecule has 0 saturated carbocycles. The smallest absolute Gasteiger partial charge is 0.132 e. The van der Waals surface area contributed by atoms with Gasteiger partial charge in [0, 0.05) is 62.2 Å². The fraction of sp³-hybridized carbons (Fsp3) is 0.250. The third kappa shape index (κ3) is 5.69. The van der Waals surface area contributed by atoms with Crippen LogP contribution in [0.25, 0.3) is 16.6 Å². The molecule has 29 heavy (non-hydrogen) atoms. The first kappa shape index (κ1) is 21.7. The Labute approximate surface area is 170 Å². The van der Waals surface area contributed by atoms with Crippen LogP contribution in [0.3, 0.4) is 0 Å². The van der Waals surface area contributed by atoms with Gasteiger partial charge in [-0.05, 0) is 25.1 Å². The van der Waals surface area contributed by atoms with Crippen LogP contribution < -0.4 is 22.1 Å². The van der Waals surface area contributed by atoms with Crippen LogP contribution in [0.1, 0.15) is 12.5 Å². The second-order valence-electron chi connectivity index (χ2n) is 6.11. The largest absolute Gasteiger partial charge is 0.403 e. The van der Waals surface area contributed by atoms with Gasteiger partial charge < -0.3 is 37.5 Å². The summed E-state index contributed by atoms with van der Waals surface area (Å²) < 4.78 is 0. The molecule has 0 aromatic carbocycles. The molecule has 0 spiro atoms. The van der Waals surface area contributed by atoms with Gasteiger partial charge in [0.1, 0.15) is 11.6 Å². The second-order valence-corrected chi connectivity index (χ2v) is 6.11. The van der Waals surface area contributed by atoms with Crippen LogP contribution in [0.5, 0.6) is 0 Å². The van der Waals surface area contributed by atoms with Crippen molar-refractivity contribution in [1.82, 2.24) is 20.2 Å². The molecule has 0 bridgehead atoms. The van der Waals surface area contributed by atoms with Gasteiger partial charge in [-0.25, -0.2) is 4.98 Å². The molecule has 9 nitrogen and oxygen atoms in total. The molecule has 0 amide bonds. The third-order valence-electron chi connectivity index (χ3n) is 4.19. The Morgan fingerprint density at radius 2 is 2.14 bits per heavy atom. The van der Waals surface area contributed by atoms with Gasteiger partial charge in [0.25, 0.3) is 0 Å². The fourth-order valence-corrected chi connectivity index (χ4v) is 2.78. The van der Waals surface area contributed by atoms with Crippen molar-refractivity contribution in [2.75, 3.05) is 32.1 Å². The highest BCUT2D eigenvalue weighted by Gasteiger charge is 2.07. The number of hydrogen-bond donors (Lipinski definition) is 6.